The van der Waals surface area contributed by atoms with Crippen molar-refractivity contribution in [3.8, 4) is 11.5 Å². The lowest BCUT2D eigenvalue weighted by atomic mass is 10.0. The van der Waals surface area contributed by atoms with E-state index < -0.39 is 9.84 Å². The predicted octanol–water partition coefficient (Wildman–Crippen LogP) is 3.87. The summed E-state index contributed by atoms with van der Waals surface area (Å²) >= 11 is 0. The van der Waals surface area contributed by atoms with Gasteiger partial charge in [0.05, 0.1) is 23.9 Å². The van der Waals surface area contributed by atoms with E-state index in [1.54, 1.807) is 6.07 Å². The van der Waals surface area contributed by atoms with Crippen LogP contribution in [0.1, 0.15) is 65.0 Å². The number of hydrogen-bond donors (Lipinski definition) is 1. The maximum Gasteiger partial charge on any atom is 0.180 e. The number of rotatable bonds is 8. The van der Waals surface area contributed by atoms with Gasteiger partial charge in [-0.25, -0.2) is 8.42 Å². The fourth-order valence-corrected chi connectivity index (χ4v) is 5.19. The van der Waals surface area contributed by atoms with E-state index in [9.17, 15) is 8.42 Å². The maximum atomic E-state index is 13.0. The lowest BCUT2D eigenvalue weighted by Crippen LogP contribution is -2.35. The third kappa shape index (κ3) is 4.67. The van der Waals surface area contributed by atoms with Crippen LogP contribution < -0.4 is 14.8 Å². The second kappa shape index (κ2) is 8.90. The molecule has 2 unspecified atom stereocenters. The number of benzene rings is 1. The number of ether oxygens (including phenoxy) is 2. The third-order valence-electron chi connectivity index (χ3n) is 4.56. The smallest absolute Gasteiger partial charge is 0.180 e. The quantitative estimate of drug-likeness (QED) is 0.753. The van der Waals surface area contributed by atoms with Crippen LogP contribution in [0.3, 0.4) is 0 Å². The van der Waals surface area contributed by atoms with E-state index in [1.165, 1.54) is 0 Å². The zero-order chi connectivity index (χ0) is 18.4. The molecule has 0 spiro atoms. The van der Waals surface area contributed by atoms with Gasteiger partial charge >= 0.3 is 0 Å². The lowest BCUT2D eigenvalue weighted by molar-refractivity contribution is 0.286. The molecule has 1 N–H and O–H groups in total. The first-order valence-electron chi connectivity index (χ1n) is 9.39. The average Bonchev–Trinajstić information content (AvgIpc) is 2.68. The molecule has 0 saturated carbocycles. The number of fused-ring (bicyclic) bond motifs is 1. The standard InChI is InChI=1S/C19H31NO4S/c1-5-9-10-14-13-25(21,22)19-12-18(24-8-4)17(23-7-3)11-15(19)16(6-2)20-14/h11-12,14,16,20H,5-10,13H2,1-4H3. The lowest BCUT2D eigenvalue weighted by Gasteiger charge is -2.22. The van der Waals surface area contributed by atoms with Gasteiger partial charge < -0.3 is 14.8 Å². The fraction of sp³-hybridized carbons (Fsp3) is 0.684. The molecule has 5 nitrogen and oxygen atoms in total. The zero-order valence-electron chi connectivity index (χ0n) is 15.8. The van der Waals surface area contributed by atoms with E-state index in [-0.39, 0.29) is 17.8 Å². The Morgan fingerprint density at radius 1 is 1.08 bits per heavy atom. The second-order valence-corrected chi connectivity index (χ2v) is 8.45. The van der Waals surface area contributed by atoms with Gasteiger partial charge in [-0.15, -0.1) is 0 Å². The highest BCUT2D eigenvalue weighted by Crippen LogP contribution is 2.39. The van der Waals surface area contributed by atoms with Crippen molar-refractivity contribution in [3.05, 3.63) is 17.7 Å². The van der Waals surface area contributed by atoms with Gasteiger partial charge in [-0.3, -0.25) is 0 Å². The maximum absolute atomic E-state index is 13.0. The summed E-state index contributed by atoms with van der Waals surface area (Å²) in [6.45, 7) is 8.97. The molecule has 1 aliphatic heterocycles. The first-order chi connectivity index (χ1) is 12.0. The predicted molar refractivity (Wildman–Crippen MR) is 100 cm³/mol. The minimum Gasteiger partial charge on any atom is -0.490 e. The van der Waals surface area contributed by atoms with Crippen molar-refractivity contribution in [3.63, 3.8) is 0 Å². The zero-order valence-corrected chi connectivity index (χ0v) is 16.6. The second-order valence-electron chi connectivity index (χ2n) is 6.45. The summed E-state index contributed by atoms with van der Waals surface area (Å²) in [5.41, 5.74) is 0.799. The van der Waals surface area contributed by atoms with Crippen molar-refractivity contribution in [2.24, 2.45) is 0 Å². The van der Waals surface area contributed by atoms with E-state index in [2.05, 4.69) is 19.2 Å². The Morgan fingerprint density at radius 3 is 2.28 bits per heavy atom. The van der Waals surface area contributed by atoms with Gasteiger partial charge in [-0.05, 0) is 38.3 Å². The van der Waals surface area contributed by atoms with Crippen LogP contribution in [-0.2, 0) is 9.84 Å². The first-order valence-corrected chi connectivity index (χ1v) is 11.0. The molecular weight excluding hydrogens is 338 g/mol. The van der Waals surface area contributed by atoms with Gasteiger partial charge in [0.25, 0.3) is 0 Å². The Bertz CT molecular complexity index is 672. The van der Waals surface area contributed by atoms with E-state index in [4.69, 9.17) is 9.47 Å². The van der Waals surface area contributed by atoms with Crippen molar-refractivity contribution < 1.29 is 17.9 Å². The average molecular weight is 370 g/mol. The van der Waals surface area contributed by atoms with Gasteiger partial charge in [0.2, 0.25) is 0 Å². The SMILES string of the molecule is CCCCC1CS(=O)(=O)c2cc(OCC)c(OCC)cc2C(CC)N1. The molecule has 2 atom stereocenters. The molecule has 0 aromatic heterocycles. The molecule has 0 saturated heterocycles. The van der Waals surface area contributed by atoms with Gasteiger partial charge in [0.1, 0.15) is 0 Å². The van der Waals surface area contributed by atoms with Crippen molar-refractivity contribution in [2.45, 2.75) is 70.4 Å². The van der Waals surface area contributed by atoms with E-state index in [1.807, 2.05) is 19.9 Å². The van der Waals surface area contributed by atoms with Crippen LogP contribution in [0.15, 0.2) is 17.0 Å². The topological polar surface area (TPSA) is 64.6 Å². The van der Waals surface area contributed by atoms with Crippen LogP contribution in [0, 0.1) is 0 Å². The molecule has 0 amide bonds. The normalized spacial score (nSPS) is 22.1. The summed E-state index contributed by atoms with van der Waals surface area (Å²) in [5.74, 6) is 1.26. The van der Waals surface area contributed by atoms with Gasteiger partial charge in [-0.2, -0.15) is 0 Å². The molecule has 142 valence electrons. The Morgan fingerprint density at radius 2 is 1.72 bits per heavy atom. The Kier molecular flexibility index (Phi) is 7.14. The molecular formula is C19H31NO4S. The molecule has 0 bridgehead atoms. The van der Waals surface area contributed by atoms with Crippen LogP contribution in [0.4, 0.5) is 0 Å². The molecule has 1 aromatic rings. The molecule has 0 fully saturated rings. The number of sulfone groups is 1. The number of hydrogen-bond acceptors (Lipinski definition) is 5. The highest BCUT2D eigenvalue weighted by molar-refractivity contribution is 7.91. The van der Waals surface area contributed by atoms with E-state index >= 15 is 0 Å². The van der Waals surface area contributed by atoms with E-state index in [0.717, 1.165) is 31.2 Å². The van der Waals surface area contributed by atoms with Crippen LogP contribution in [0.2, 0.25) is 0 Å². The molecule has 0 radical (unpaired) electrons. The van der Waals surface area contributed by atoms with Crippen molar-refractivity contribution >= 4 is 9.84 Å². The van der Waals surface area contributed by atoms with E-state index in [0.29, 0.717) is 29.6 Å². The minimum atomic E-state index is -3.37. The summed E-state index contributed by atoms with van der Waals surface area (Å²) in [6, 6.07) is 3.49. The Labute approximate surface area is 152 Å². The van der Waals surface area contributed by atoms with Gasteiger partial charge in [0.15, 0.2) is 21.3 Å². The monoisotopic (exact) mass is 369 g/mol. The van der Waals surface area contributed by atoms with Crippen LogP contribution >= 0.6 is 0 Å². The van der Waals surface area contributed by atoms with Crippen molar-refractivity contribution in [1.82, 2.24) is 5.32 Å². The highest BCUT2D eigenvalue weighted by atomic mass is 32.2. The molecule has 1 aliphatic rings. The largest absolute Gasteiger partial charge is 0.490 e. The molecule has 0 aliphatic carbocycles. The molecule has 2 rings (SSSR count). The molecule has 1 aromatic carbocycles. The van der Waals surface area contributed by atoms with Crippen LogP contribution in [0.5, 0.6) is 11.5 Å². The summed E-state index contributed by atoms with van der Waals surface area (Å²) in [6.07, 6.45) is 3.78. The number of nitrogens with one attached hydrogen (secondary N) is 1. The molecule has 6 heteroatoms. The summed E-state index contributed by atoms with van der Waals surface area (Å²) in [7, 11) is -3.37. The minimum absolute atomic E-state index is 0.00372. The molecule has 25 heavy (non-hydrogen) atoms. The third-order valence-corrected chi connectivity index (χ3v) is 6.42. The Balaban J connectivity index is 2.53. The summed E-state index contributed by atoms with van der Waals surface area (Å²) in [4.78, 5) is 0.387. The van der Waals surface area contributed by atoms with Crippen LogP contribution in [0.25, 0.3) is 0 Å². The highest BCUT2D eigenvalue weighted by Gasteiger charge is 2.33. The fourth-order valence-electron chi connectivity index (χ4n) is 3.37. The van der Waals surface area contributed by atoms with Gasteiger partial charge in [0, 0.05) is 18.2 Å². The van der Waals surface area contributed by atoms with Crippen molar-refractivity contribution in [2.75, 3.05) is 19.0 Å². The molecule has 1 heterocycles. The van der Waals surface area contributed by atoms with Gasteiger partial charge in [-0.1, -0.05) is 26.7 Å². The summed E-state index contributed by atoms with van der Waals surface area (Å²) < 4.78 is 37.4. The van der Waals surface area contributed by atoms with Crippen LogP contribution in [-0.4, -0.2) is 33.4 Å². The summed E-state index contributed by atoms with van der Waals surface area (Å²) in [5, 5.41) is 3.56. The Hall–Kier alpha value is -1.27. The van der Waals surface area contributed by atoms with Crippen molar-refractivity contribution in [1.29, 1.82) is 0 Å². The first kappa shape index (κ1) is 20.0. The number of unbranched alkanes of at least 4 members (excludes halogenated alkanes) is 1.